The quantitative estimate of drug-likeness (QED) is 0.0294. The molecule has 0 aliphatic heterocycles. The van der Waals surface area contributed by atoms with Crippen LogP contribution in [0.3, 0.4) is 0 Å². The summed E-state index contributed by atoms with van der Waals surface area (Å²) in [7, 11) is 1.37. The first-order chi connectivity index (χ1) is 36.8. The molecule has 0 heterocycles. The number of carbonyl (C=O) groups excluding carboxylic acids is 8. The second-order valence-corrected chi connectivity index (χ2v) is 22.6. The minimum Gasteiger partial charge on any atom is -0.431 e. The lowest BCUT2D eigenvalue weighted by Crippen LogP contribution is -2.44. The van der Waals surface area contributed by atoms with Crippen LogP contribution in [0.1, 0.15) is 96.8 Å². The molecule has 4 aromatic carbocycles. The van der Waals surface area contributed by atoms with Gasteiger partial charge in [-0.25, -0.2) is 58.3 Å². The lowest BCUT2D eigenvalue weighted by atomic mass is 9.92. The van der Waals surface area contributed by atoms with E-state index in [4.69, 9.17) is 18.9 Å². The van der Waals surface area contributed by atoms with Crippen molar-refractivity contribution in [3.63, 3.8) is 0 Å². The topological polar surface area (TPSA) is 247 Å². The average molecular weight is 1120 g/mol. The van der Waals surface area contributed by atoms with Crippen LogP contribution in [0.4, 0.5) is 19.2 Å². The summed E-state index contributed by atoms with van der Waals surface area (Å²) in [5.41, 5.74) is -2.27. The summed E-state index contributed by atoms with van der Waals surface area (Å²) in [6.07, 6.45) is 1.03. The minimum atomic E-state index is -2.26. The molecule has 0 atom stereocenters. The molecule has 0 fully saturated rings. The molecule has 0 N–H and O–H groups in total. The van der Waals surface area contributed by atoms with E-state index in [9.17, 15) is 38.4 Å². The zero-order valence-corrected chi connectivity index (χ0v) is 47.0. The molecule has 24 heteroatoms. The zero-order valence-electron chi connectivity index (χ0n) is 43.0. The summed E-state index contributed by atoms with van der Waals surface area (Å²) in [4.78, 5) is 140. The Kier molecular flexibility index (Phi) is 25.1. The minimum absolute atomic E-state index is 0.00263. The second-order valence-electron chi connectivity index (χ2n) is 16.2. The van der Waals surface area contributed by atoms with Gasteiger partial charge in [0.2, 0.25) is 0 Å². The van der Waals surface area contributed by atoms with Crippen molar-refractivity contribution in [2.45, 2.75) is 55.4 Å². The van der Waals surface area contributed by atoms with Crippen LogP contribution in [-0.2, 0) is 58.0 Å². The molecule has 4 rings (SSSR count). The zero-order chi connectivity index (χ0) is 56.3. The third-order valence-corrected chi connectivity index (χ3v) is 15.5. The molecular formula is C53H52O20Si4. The summed E-state index contributed by atoms with van der Waals surface area (Å²) in [5.74, 6) is -4.42. The maximum atomic E-state index is 12.9. The van der Waals surface area contributed by atoms with E-state index in [-0.39, 0.29) is 22.3 Å². The molecule has 0 aliphatic carbocycles. The van der Waals surface area contributed by atoms with Crippen molar-refractivity contribution in [1.82, 2.24) is 0 Å². The highest BCUT2D eigenvalue weighted by Crippen LogP contribution is 2.23. The molecule has 0 aliphatic rings. The van der Waals surface area contributed by atoms with Crippen LogP contribution in [0.15, 0.2) is 142 Å². The first-order valence-electron chi connectivity index (χ1n) is 23.1. The Bertz CT molecular complexity index is 2440. The van der Waals surface area contributed by atoms with Gasteiger partial charge in [-0.1, -0.05) is 114 Å². The van der Waals surface area contributed by atoms with Crippen LogP contribution in [0, 0.1) is 5.41 Å². The number of rotatable bonds is 20. The first-order valence-corrected chi connectivity index (χ1v) is 27.1. The second kappa shape index (κ2) is 31.5. The molecular weight excluding hydrogens is 1070 g/mol. The van der Waals surface area contributed by atoms with Crippen LogP contribution < -0.4 is 20.7 Å². The van der Waals surface area contributed by atoms with E-state index in [0.717, 1.165) is 41.5 Å². The molecule has 20 nitrogen and oxygen atoms in total. The van der Waals surface area contributed by atoms with Gasteiger partial charge in [0.15, 0.2) is 0 Å². The molecule has 0 bridgehead atoms. The van der Waals surface area contributed by atoms with Gasteiger partial charge in [0.1, 0.15) is 69.9 Å². The van der Waals surface area contributed by atoms with Crippen molar-refractivity contribution in [3.8, 4) is 0 Å². The van der Waals surface area contributed by atoms with E-state index in [1.807, 2.05) is 79.7 Å². The fourth-order valence-electron chi connectivity index (χ4n) is 5.63. The third kappa shape index (κ3) is 21.8. The Balaban J connectivity index is 1.52. The largest absolute Gasteiger partial charge is 0.549 e. The van der Waals surface area contributed by atoms with Crippen LogP contribution in [-0.4, -0.2) is 113 Å². The lowest BCUT2D eigenvalue weighted by Gasteiger charge is -2.30. The van der Waals surface area contributed by atoms with Gasteiger partial charge < -0.3 is 18.9 Å². The molecule has 0 amide bonds. The van der Waals surface area contributed by atoms with E-state index < -0.39 is 80.3 Å². The molecule has 8 radical (unpaired) electrons. The standard InChI is InChI=1S/C53H52O20Si4/c1-9-33(5)74-41-21-13-37(14-22-41)45(54)66-70-49(58)62-29-53(30-63-50(59)71-67-46(55)38-15-23-42(24-16-38)75-34(6)10-2,31-64-51(60)72-68-47(56)39-17-25-43(26-18-39)76-35(7)11-3)32-65-52(61)73-69-48(57)40-19-27-44(28-20-40)77-36(8)12-4/h9-28H,29-32H2,1-8H3/b33-9+,34-10+,35-11+,36-12+. The van der Waals surface area contributed by atoms with Crippen molar-refractivity contribution < 1.29 is 96.4 Å². The fourth-order valence-corrected chi connectivity index (χ4v) is 9.36. The van der Waals surface area contributed by atoms with Crippen molar-refractivity contribution in [3.05, 3.63) is 164 Å². The predicted molar refractivity (Wildman–Crippen MR) is 279 cm³/mol. The number of benzene rings is 4. The maximum absolute atomic E-state index is 12.9. The van der Waals surface area contributed by atoms with E-state index in [1.165, 1.54) is 48.5 Å². The summed E-state index contributed by atoms with van der Waals surface area (Å²) in [6.45, 7) is 11.0. The van der Waals surface area contributed by atoms with Crippen molar-refractivity contribution in [2.75, 3.05) is 26.4 Å². The van der Waals surface area contributed by atoms with Crippen LogP contribution in [0.5, 0.6) is 0 Å². The van der Waals surface area contributed by atoms with Gasteiger partial charge >= 0.3 is 48.5 Å². The van der Waals surface area contributed by atoms with Crippen molar-refractivity contribution in [2.24, 2.45) is 5.41 Å². The molecule has 0 unspecified atom stereocenters. The van der Waals surface area contributed by atoms with Gasteiger partial charge in [-0.05, 0) is 104 Å². The number of ether oxygens (including phenoxy) is 4. The Morgan fingerprint density at radius 1 is 0.325 bits per heavy atom. The Hall–Kier alpha value is -8.33. The summed E-state index contributed by atoms with van der Waals surface area (Å²) >= 11 is 0. The van der Waals surface area contributed by atoms with Gasteiger partial charge in [-0.3, -0.25) is 0 Å². The van der Waals surface area contributed by atoms with E-state index in [1.54, 1.807) is 48.5 Å². The highest BCUT2D eigenvalue weighted by molar-refractivity contribution is 6.62. The number of hydrogen-bond donors (Lipinski definition) is 0. The van der Waals surface area contributed by atoms with Crippen LogP contribution >= 0.6 is 0 Å². The van der Waals surface area contributed by atoms with Crippen molar-refractivity contribution >= 4 is 107 Å². The van der Waals surface area contributed by atoms with E-state index in [2.05, 4.69) is 39.1 Å². The molecule has 0 saturated carbocycles. The van der Waals surface area contributed by atoms with Gasteiger partial charge in [-0.15, -0.1) is 0 Å². The van der Waals surface area contributed by atoms with Gasteiger partial charge in [-0.2, -0.15) is 19.2 Å². The fraction of sp³-hybridized carbons (Fsp3) is 0.245. The average Bonchev–Trinajstić information content (AvgIpc) is 3.44. The summed E-state index contributed by atoms with van der Waals surface area (Å²) < 4.78 is 20.6. The number of carbonyl (C=O) groups is 8. The Labute approximate surface area is 453 Å². The number of allylic oxidation sites excluding steroid dienone is 8. The normalized spacial score (nSPS) is 11.7. The maximum Gasteiger partial charge on any atom is 0.549 e. The van der Waals surface area contributed by atoms with Crippen LogP contribution in [0.25, 0.3) is 0 Å². The monoisotopic (exact) mass is 1120 g/mol. The van der Waals surface area contributed by atoms with Gasteiger partial charge in [0, 0.05) is 0 Å². The van der Waals surface area contributed by atoms with Crippen molar-refractivity contribution in [1.29, 1.82) is 0 Å². The highest BCUT2D eigenvalue weighted by atomic mass is 28.2. The van der Waals surface area contributed by atoms with E-state index >= 15 is 0 Å². The smallest absolute Gasteiger partial charge is 0.431 e. The lowest BCUT2D eigenvalue weighted by molar-refractivity contribution is -0.223. The molecule has 400 valence electrons. The molecule has 4 aromatic rings. The van der Waals surface area contributed by atoms with Gasteiger partial charge in [0.25, 0.3) is 0 Å². The van der Waals surface area contributed by atoms with Gasteiger partial charge in [0.05, 0.1) is 22.3 Å². The van der Waals surface area contributed by atoms with E-state index in [0.29, 0.717) is 38.1 Å². The summed E-state index contributed by atoms with van der Waals surface area (Å²) in [5, 5.41) is 8.08. The first kappa shape index (κ1) is 61.2. The Morgan fingerprint density at radius 2 is 0.506 bits per heavy atom. The molecule has 0 spiro atoms. The Morgan fingerprint density at radius 3 is 0.675 bits per heavy atom. The highest BCUT2D eigenvalue weighted by Gasteiger charge is 2.40. The SMILES string of the molecule is C/C=C(\C)[Si]c1ccc(C(=O)OOC(=O)OCC(COC(=O)OOC(=O)c2ccc([Si]/C(C)=C/C)cc2)(COC(=O)OOC(=O)c2ccc([Si]/C(C)=C/C)cc2)COC(=O)OOC(=O)c2ccc([Si]/C(C)=C/C)cc2)cc1. The number of hydrogen-bond acceptors (Lipinski definition) is 20. The predicted octanol–water partition coefficient (Wildman–Crippen LogP) is 6.69. The van der Waals surface area contributed by atoms with Crippen LogP contribution in [0.2, 0.25) is 0 Å². The summed E-state index contributed by atoms with van der Waals surface area (Å²) in [6, 6.07) is 25.0. The third-order valence-electron chi connectivity index (χ3n) is 10.3. The molecule has 0 aromatic heterocycles. The molecule has 0 saturated heterocycles. The molecule has 77 heavy (non-hydrogen) atoms.